The minimum Gasteiger partial charge on any atom is -0.508 e. The molecule has 2 unspecified atom stereocenters. The van der Waals surface area contributed by atoms with Crippen LogP contribution in [0, 0.1) is 12.8 Å². The number of benzene rings is 1. The maximum atomic E-state index is 9.92. The van der Waals surface area contributed by atoms with Gasteiger partial charge in [-0.05, 0) is 32.9 Å². The highest BCUT2D eigenvalue weighted by Gasteiger charge is 2.16. The number of nitrogens with zero attached hydrogens (tertiary/aromatic N) is 1. The Morgan fingerprint density at radius 1 is 1.29 bits per heavy atom. The lowest BCUT2D eigenvalue weighted by atomic mass is 10.0. The summed E-state index contributed by atoms with van der Waals surface area (Å²) in [4.78, 5) is 2.31. The van der Waals surface area contributed by atoms with Gasteiger partial charge >= 0.3 is 0 Å². The lowest BCUT2D eigenvalue weighted by Gasteiger charge is -2.28. The molecular weight excluding hydrogens is 210 g/mol. The zero-order valence-electron chi connectivity index (χ0n) is 11.7. The molecule has 1 aromatic carbocycles. The largest absolute Gasteiger partial charge is 0.508 e. The molecule has 0 aliphatic heterocycles. The summed E-state index contributed by atoms with van der Waals surface area (Å²) >= 11 is 0. The molecule has 1 rings (SSSR count). The smallest absolute Gasteiger partial charge is 0.120 e. The summed E-state index contributed by atoms with van der Waals surface area (Å²) in [7, 11) is 2.12. The van der Waals surface area contributed by atoms with Crippen molar-refractivity contribution in [3.8, 4) is 5.75 Å². The summed E-state index contributed by atoms with van der Waals surface area (Å²) in [6.45, 7) is 9.75. The number of hydrogen-bond donors (Lipinski definition) is 1. The molecule has 0 saturated carbocycles. The van der Waals surface area contributed by atoms with E-state index in [9.17, 15) is 5.11 Å². The standard InChI is InChI=1S/C15H25NO/c1-6-11(2)10-16(5)13(4)14-9-12(3)7-8-15(14)17/h7-9,11,13,17H,6,10H2,1-5H3. The molecule has 2 heteroatoms. The van der Waals surface area contributed by atoms with E-state index >= 15 is 0 Å². The third kappa shape index (κ3) is 3.74. The van der Waals surface area contributed by atoms with Crippen LogP contribution < -0.4 is 0 Å². The SMILES string of the molecule is CCC(C)CN(C)C(C)c1cc(C)ccc1O. The number of aryl methyl sites for hydroxylation is 1. The van der Waals surface area contributed by atoms with E-state index in [1.807, 2.05) is 6.07 Å². The first-order valence-electron chi connectivity index (χ1n) is 6.45. The van der Waals surface area contributed by atoms with Gasteiger partial charge in [0.05, 0.1) is 0 Å². The zero-order chi connectivity index (χ0) is 13.0. The van der Waals surface area contributed by atoms with Crippen molar-refractivity contribution >= 4 is 0 Å². The molecular formula is C15H25NO. The van der Waals surface area contributed by atoms with E-state index in [0.29, 0.717) is 11.7 Å². The van der Waals surface area contributed by atoms with Crippen LogP contribution in [0.5, 0.6) is 5.75 Å². The molecule has 96 valence electrons. The van der Waals surface area contributed by atoms with Crippen LogP contribution >= 0.6 is 0 Å². The summed E-state index contributed by atoms with van der Waals surface area (Å²) in [5, 5.41) is 9.92. The van der Waals surface area contributed by atoms with Crippen LogP contribution in [-0.4, -0.2) is 23.6 Å². The second kappa shape index (κ2) is 6.06. The maximum Gasteiger partial charge on any atom is 0.120 e. The van der Waals surface area contributed by atoms with E-state index < -0.39 is 0 Å². The third-order valence-corrected chi connectivity index (χ3v) is 3.59. The molecule has 0 spiro atoms. The van der Waals surface area contributed by atoms with E-state index in [2.05, 4.69) is 45.7 Å². The number of aromatic hydroxyl groups is 1. The molecule has 2 nitrogen and oxygen atoms in total. The molecule has 2 atom stereocenters. The molecule has 0 heterocycles. The third-order valence-electron chi connectivity index (χ3n) is 3.59. The fourth-order valence-electron chi connectivity index (χ4n) is 2.02. The van der Waals surface area contributed by atoms with Crippen molar-refractivity contribution in [3.63, 3.8) is 0 Å². The van der Waals surface area contributed by atoms with Crippen LogP contribution in [0.15, 0.2) is 18.2 Å². The highest BCUT2D eigenvalue weighted by Crippen LogP contribution is 2.29. The number of phenols is 1. The fraction of sp³-hybridized carbons (Fsp3) is 0.600. The Kier molecular flexibility index (Phi) is 5.01. The van der Waals surface area contributed by atoms with Gasteiger partial charge in [-0.15, -0.1) is 0 Å². The molecule has 0 radical (unpaired) electrons. The first-order valence-corrected chi connectivity index (χ1v) is 6.45. The molecule has 0 saturated heterocycles. The molecule has 0 fully saturated rings. The summed E-state index contributed by atoms with van der Waals surface area (Å²) in [5.41, 5.74) is 2.22. The maximum absolute atomic E-state index is 9.92. The first kappa shape index (κ1) is 14.0. The van der Waals surface area contributed by atoms with Crippen molar-refractivity contribution in [1.29, 1.82) is 0 Å². The average Bonchev–Trinajstić information content (AvgIpc) is 2.31. The molecule has 1 N–H and O–H groups in total. The summed E-state index contributed by atoms with van der Waals surface area (Å²) in [6.07, 6.45) is 1.19. The Balaban J connectivity index is 2.80. The normalized spacial score (nSPS) is 14.9. The van der Waals surface area contributed by atoms with E-state index in [1.54, 1.807) is 6.07 Å². The minimum atomic E-state index is 0.254. The summed E-state index contributed by atoms with van der Waals surface area (Å²) in [5.74, 6) is 1.09. The Morgan fingerprint density at radius 3 is 2.53 bits per heavy atom. The van der Waals surface area contributed by atoms with Gasteiger partial charge in [0.2, 0.25) is 0 Å². The highest BCUT2D eigenvalue weighted by atomic mass is 16.3. The van der Waals surface area contributed by atoms with Crippen molar-refractivity contribution < 1.29 is 5.11 Å². The monoisotopic (exact) mass is 235 g/mol. The van der Waals surface area contributed by atoms with Crippen LogP contribution in [0.2, 0.25) is 0 Å². The quantitative estimate of drug-likeness (QED) is 0.840. The van der Waals surface area contributed by atoms with Gasteiger partial charge in [-0.3, -0.25) is 4.90 Å². The topological polar surface area (TPSA) is 23.5 Å². The van der Waals surface area contributed by atoms with Crippen LogP contribution in [0.3, 0.4) is 0 Å². The second-order valence-electron chi connectivity index (χ2n) is 5.19. The van der Waals surface area contributed by atoms with E-state index in [-0.39, 0.29) is 6.04 Å². The van der Waals surface area contributed by atoms with Crippen LogP contribution in [0.25, 0.3) is 0 Å². The Morgan fingerprint density at radius 2 is 1.94 bits per heavy atom. The molecule has 0 amide bonds. The van der Waals surface area contributed by atoms with Gasteiger partial charge < -0.3 is 5.11 Å². The second-order valence-corrected chi connectivity index (χ2v) is 5.19. The van der Waals surface area contributed by atoms with E-state index in [4.69, 9.17) is 0 Å². The molecule has 0 aliphatic rings. The van der Waals surface area contributed by atoms with Crippen LogP contribution in [-0.2, 0) is 0 Å². The van der Waals surface area contributed by atoms with Gasteiger partial charge in [0.1, 0.15) is 5.75 Å². The van der Waals surface area contributed by atoms with Crippen LogP contribution in [0.4, 0.5) is 0 Å². The predicted molar refractivity (Wildman–Crippen MR) is 73.3 cm³/mol. The van der Waals surface area contributed by atoms with Gasteiger partial charge in [-0.2, -0.15) is 0 Å². The fourth-order valence-corrected chi connectivity index (χ4v) is 2.02. The number of phenolic OH excluding ortho intramolecular Hbond substituents is 1. The first-order chi connectivity index (χ1) is 7.95. The average molecular weight is 235 g/mol. The van der Waals surface area contributed by atoms with Crippen molar-refractivity contribution in [1.82, 2.24) is 4.90 Å². The Hall–Kier alpha value is -1.02. The van der Waals surface area contributed by atoms with Gasteiger partial charge in [-0.25, -0.2) is 0 Å². The molecule has 17 heavy (non-hydrogen) atoms. The summed E-state index contributed by atoms with van der Waals surface area (Å²) < 4.78 is 0. The Labute approximate surface area is 105 Å². The molecule has 1 aromatic rings. The van der Waals surface area contributed by atoms with Gasteiger partial charge in [0.15, 0.2) is 0 Å². The van der Waals surface area contributed by atoms with Gasteiger partial charge in [0, 0.05) is 18.2 Å². The van der Waals surface area contributed by atoms with E-state index in [1.165, 1.54) is 12.0 Å². The lowest BCUT2D eigenvalue weighted by molar-refractivity contribution is 0.220. The van der Waals surface area contributed by atoms with Gasteiger partial charge in [0.25, 0.3) is 0 Å². The highest BCUT2D eigenvalue weighted by molar-refractivity contribution is 5.37. The van der Waals surface area contributed by atoms with Crippen molar-refractivity contribution in [3.05, 3.63) is 29.3 Å². The van der Waals surface area contributed by atoms with Crippen molar-refractivity contribution in [2.45, 2.75) is 40.2 Å². The summed E-state index contributed by atoms with van der Waals surface area (Å²) in [6, 6.07) is 6.06. The minimum absolute atomic E-state index is 0.254. The number of rotatable bonds is 5. The number of hydrogen-bond acceptors (Lipinski definition) is 2. The molecule has 0 bridgehead atoms. The zero-order valence-corrected chi connectivity index (χ0v) is 11.7. The van der Waals surface area contributed by atoms with Gasteiger partial charge in [-0.1, -0.05) is 38.0 Å². The predicted octanol–water partition coefficient (Wildman–Crippen LogP) is 3.74. The van der Waals surface area contributed by atoms with Crippen LogP contribution in [0.1, 0.15) is 44.4 Å². The van der Waals surface area contributed by atoms with Crippen molar-refractivity contribution in [2.75, 3.05) is 13.6 Å². The van der Waals surface area contributed by atoms with Crippen molar-refractivity contribution in [2.24, 2.45) is 5.92 Å². The Bertz CT molecular complexity index is 362. The van der Waals surface area contributed by atoms with E-state index in [0.717, 1.165) is 12.1 Å². The molecule has 0 aliphatic carbocycles. The molecule has 0 aromatic heterocycles. The lowest BCUT2D eigenvalue weighted by Crippen LogP contribution is -2.27.